The van der Waals surface area contributed by atoms with Gasteiger partial charge >= 0.3 is 5.97 Å². The van der Waals surface area contributed by atoms with Gasteiger partial charge in [0.2, 0.25) is 10.0 Å². The summed E-state index contributed by atoms with van der Waals surface area (Å²) in [4.78, 5) is 12.6. The first kappa shape index (κ1) is 14.4. The summed E-state index contributed by atoms with van der Waals surface area (Å²) in [6.45, 7) is 3.64. The van der Waals surface area contributed by atoms with E-state index in [9.17, 15) is 13.2 Å². The largest absolute Gasteiger partial charge is 0.481 e. The Kier molecular flexibility index (Phi) is 4.91. The molecule has 0 radical (unpaired) electrons. The lowest BCUT2D eigenvalue weighted by molar-refractivity contribution is -0.136. The van der Waals surface area contributed by atoms with Gasteiger partial charge in [-0.1, -0.05) is 6.92 Å². The summed E-state index contributed by atoms with van der Waals surface area (Å²) in [7, 11) is -1.44. The van der Waals surface area contributed by atoms with E-state index in [0.717, 1.165) is 6.42 Å². The monoisotopic (exact) mass is 264 g/mol. The maximum atomic E-state index is 11.9. The van der Waals surface area contributed by atoms with E-state index < -0.39 is 16.0 Å². The van der Waals surface area contributed by atoms with Crippen molar-refractivity contribution in [3.63, 3.8) is 0 Å². The predicted molar refractivity (Wildman–Crippen MR) is 64.3 cm³/mol. The Bertz CT molecular complexity index is 369. The lowest BCUT2D eigenvalue weighted by atomic mass is 10.1. The standard InChI is InChI=1S/C10H20N2O4S/c1-3-9-8-12(6-5-11(9)2)17(15,16)7-4-10(13)14/h9H,3-8H2,1-2H3,(H,13,14). The fraction of sp³-hybridized carbons (Fsp3) is 0.900. The third-order valence-corrected chi connectivity index (χ3v) is 5.02. The second-order valence-corrected chi connectivity index (χ2v) is 6.45. The normalized spacial score (nSPS) is 23.8. The van der Waals surface area contributed by atoms with Gasteiger partial charge in [-0.25, -0.2) is 8.42 Å². The molecule has 7 heteroatoms. The van der Waals surface area contributed by atoms with E-state index in [1.807, 2.05) is 14.0 Å². The van der Waals surface area contributed by atoms with Gasteiger partial charge in [-0.15, -0.1) is 0 Å². The van der Waals surface area contributed by atoms with E-state index >= 15 is 0 Å². The maximum Gasteiger partial charge on any atom is 0.304 e. The number of piperazine rings is 1. The minimum absolute atomic E-state index is 0.225. The molecule has 0 amide bonds. The summed E-state index contributed by atoms with van der Waals surface area (Å²) in [5.74, 6) is -1.38. The number of likely N-dealkylation sites (N-methyl/N-ethyl adjacent to an activating group) is 1. The highest BCUT2D eigenvalue weighted by molar-refractivity contribution is 7.89. The van der Waals surface area contributed by atoms with E-state index in [2.05, 4.69) is 4.90 Å². The van der Waals surface area contributed by atoms with E-state index in [1.54, 1.807) is 0 Å². The van der Waals surface area contributed by atoms with Crippen molar-refractivity contribution in [3.05, 3.63) is 0 Å². The number of aliphatic carboxylic acids is 1. The van der Waals surface area contributed by atoms with Crippen molar-refractivity contribution in [2.75, 3.05) is 32.4 Å². The van der Waals surface area contributed by atoms with E-state index in [1.165, 1.54) is 4.31 Å². The van der Waals surface area contributed by atoms with Crippen LogP contribution in [0.5, 0.6) is 0 Å². The molecule has 0 aliphatic carbocycles. The number of nitrogens with zero attached hydrogens (tertiary/aromatic N) is 2. The summed E-state index contributed by atoms with van der Waals surface area (Å²) in [5.41, 5.74) is 0. The summed E-state index contributed by atoms with van der Waals surface area (Å²) in [6.07, 6.45) is 0.562. The van der Waals surface area contributed by atoms with Gasteiger partial charge in [0.05, 0.1) is 12.2 Å². The highest BCUT2D eigenvalue weighted by atomic mass is 32.2. The fourth-order valence-corrected chi connectivity index (χ4v) is 3.41. The average Bonchev–Trinajstić information content (AvgIpc) is 2.27. The molecule has 0 saturated carbocycles. The molecule has 1 aliphatic rings. The number of carboxylic acids is 1. The second-order valence-electron chi connectivity index (χ2n) is 4.36. The first-order chi connectivity index (χ1) is 7.86. The molecule has 6 nitrogen and oxygen atoms in total. The lowest BCUT2D eigenvalue weighted by Gasteiger charge is -2.38. The number of hydrogen-bond acceptors (Lipinski definition) is 4. The van der Waals surface area contributed by atoms with Gasteiger partial charge in [-0.05, 0) is 13.5 Å². The Balaban J connectivity index is 2.63. The summed E-state index contributed by atoms with van der Waals surface area (Å²) < 4.78 is 25.2. The quantitative estimate of drug-likeness (QED) is 0.745. The predicted octanol–water partition coefficient (Wildman–Crippen LogP) is -0.183. The first-order valence-electron chi connectivity index (χ1n) is 5.76. The average molecular weight is 264 g/mol. The minimum atomic E-state index is -3.42. The Morgan fingerprint density at radius 3 is 2.59 bits per heavy atom. The van der Waals surface area contributed by atoms with Crippen LogP contribution in [0, 0.1) is 0 Å². The fourth-order valence-electron chi connectivity index (χ4n) is 1.96. The molecule has 1 fully saturated rings. The first-order valence-corrected chi connectivity index (χ1v) is 7.37. The minimum Gasteiger partial charge on any atom is -0.481 e. The van der Waals surface area contributed by atoms with Crippen LogP contribution in [0.4, 0.5) is 0 Å². The van der Waals surface area contributed by atoms with Gasteiger partial charge in [-0.2, -0.15) is 4.31 Å². The van der Waals surface area contributed by atoms with Crippen LogP contribution >= 0.6 is 0 Å². The van der Waals surface area contributed by atoms with Crippen LogP contribution in [-0.2, 0) is 14.8 Å². The summed E-state index contributed by atoms with van der Waals surface area (Å²) in [5, 5.41) is 8.52. The molecular formula is C10H20N2O4S. The van der Waals surface area contributed by atoms with Gasteiger partial charge in [0.15, 0.2) is 0 Å². The van der Waals surface area contributed by atoms with Crippen molar-refractivity contribution >= 4 is 16.0 Å². The second kappa shape index (κ2) is 5.79. The van der Waals surface area contributed by atoms with Crippen molar-refractivity contribution in [2.24, 2.45) is 0 Å². The molecule has 0 spiro atoms. The Morgan fingerprint density at radius 2 is 2.06 bits per heavy atom. The molecule has 0 aromatic carbocycles. The molecular weight excluding hydrogens is 244 g/mol. The van der Waals surface area contributed by atoms with Gasteiger partial charge in [0, 0.05) is 25.7 Å². The molecule has 0 aromatic rings. The van der Waals surface area contributed by atoms with E-state index in [0.29, 0.717) is 19.6 Å². The summed E-state index contributed by atoms with van der Waals surface area (Å²) >= 11 is 0. The zero-order valence-corrected chi connectivity index (χ0v) is 11.1. The Hall–Kier alpha value is -0.660. The molecule has 0 bridgehead atoms. The van der Waals surface area contributed by atoms with E-state index in [-0.39, 0.29) is 18.2 Å². The van der Waals surface area contributed by atoms with Crippen LogP contribution in [-0.4, -0.2) is 67.2 Å². The SMILES string of the molecule is CCC1CN(S(=O)(=O)CCC(=O)O)CCN1C. The highest BCUT2D eigenvalue weighted by Crippen LogP contribution is 2.14. The van der Waals surface area contributed by atoms with Gasteiger partial charge < -0.3 is 10.0 Å². The number of carboxylic acid groups (broad SMARTS) is 1. The molecule has 1 unspecified atom stereocenters. The van der Waals surface area contributed by atoms with E-state index in [4.69, 9.17) is 5.11 Å². The molecule has 1 rings (SSSR count). The van der Waals surface area contributed by atoms with Crippen molar-refractivity contribution in [3.8, 4) is 0 Å². The smallest absolute Gasteiger partial charge is 0.304 e. The highest BCUT2D eigenvalue weighted by Gasteiger charge is 2.30. The molecule has 1 aliphatic heterocycles. The molecule has 1 saturated heterocycles. The molecule has 1 atom stereocenters. The van der Waals surface area contributed by atoms with Gasteiger partial charge in [-0.3, -0.25) is 4.79 Å². The topological polar surface area (TPSA) is 77.9 Å². The number of sulfonamides is 1. The summed E-state index contributed by atoms with van der Waals surface area (Å²) in [6, 6.07) is 0.225. The van der Waals surface area contributed by atoms with Crippen LogP contribution in [0.25, 0.3) is 0 Å². The van der Waals surface area contributed by atoms with Crippen LogP contribution in [0.2, 0.25) is 0 Å². The lowest BCUT2D eigenvalue weighted by Crippen LogP contribution is -2.53. The number of rotatable bonds is 5. The van der Waals surface area contributed by atoms with Crippen molar-refractivity contribution < 1.29 is 18.3 Å². The number of carbonyl (C=O) groups is 1. The Labute approximate surface area is 102 Å². The molecule has 17 heavy (non-hydrogen) atoms. The van der Waals surface area contributed by atoms with Crippen LogP contribution in [0.15, 0.2) is 0 Å². The van der Waals surface area contributed by atoms with Crippen molar-refractivity contribution in [1.29, 1.82) is 0 Å². The molecule has 0 aromatic heterocycles. The maximum absolute atomic E-state index is 11.9. The molecule has 1 N–H and O–H groups in total. The zero-order chi connectivity index (χ0) is 13.1. The van der Waals surface area contributed by atoms with Crippen LogP contribution in [0.1, 0.15) is 19.8 Å². The Morgan fingerprint density at radius 1 is 1.41 bits per heavy atom. The third kappa shape index (κ3) is 3.93. The zero-order valence-electron chi connectivity index (χ0n) is 10.3. The van der Waals surface area contributed by atoms with Gasteiger partial charge in [0.1, 0.15) is 0 Å². The van der Waals surface area contributed by atoms with Crippen LogP contribution < -0.4 is 0 Å². The number of hydrogen-bond donors (Lipinski definition) is 1. The molecule has 1 heterocycles. The van der Waals surface area contributed by atoms with Crippen LogP contribution in [0.3, 0.4) is 0 Å². The van der Waals surface area contributed by atoms with Crippen molar-refractivity contribution in [1.82, 2.24) is 9.21 Å². The van der Waals surface area contributed by atoms with Gasteiger partial charge in [0.25, 0.3) is 0 Å². The third-order valence-electron chi connectivity index (χ3n) is 3.18. The molecule has 100 valence electrons. The van der Waals surface area contributed by atoms with Crippen molar-refractivity contribution in [2.45, 2.75) is 25.8 Å².